The van der Waals surface area contributed by atoms with Gasteiger partial charge in [0.15, 0.2) is 17.3 Å². The largest absolute Gasteiger partial charge is 0.505 e. The Bertz CT molecular complexity index is 666. The molecule has 0 aliphatic carbocycles. The fourth-order valence-corrected chi connectivity index (χ4v) is 2.62. The van der Waals surface area contributed by atoms with Crippen molar-refractivity contribution in [2.24, 2.45) is 5.92 Å². The van der Waals surface area contributed by atoms with Gasteiger partial charge in [-0.05, 0) is 42.5 Å². The van der Waals surface area contributed by atoms with E-state index in [1.165, 1.54) is 12.1 Å². The summed E-state index contributed by atoms with van der Waals surface area (Å²) in [7, 11) is 0. The molecule has 1 aromatic carbocycles. The van der Waals surface area contributed by atoms with E-state index in [0.717, 1.165) is 29.9 Å². The normalized spacial score (nSPS) is 21.1. The standard InChI is InChI=1S/C16H16FNO5/c17-12-2-1-11(7-13(12)19)8-14-15(20)18(16(21)23-14)9-10-3-5-22-6-4-10/h1-2,7-8,10,19H,3-6,9H2. The number of nitrogens with zero attached hydrogens (tertiary/aromatic N) is 1. The minimum Gasteiger partial charge on any atom is -0.505 e. The van der Waals surface area contributed by atoms with Gasteiger partial charge in [0.05, 0.1) is 0 Å². The van der Waals surface area contributed by atoms with Crippen LogP contribution in [0, 0.1) is 11.7 Å². The van der Waals surface area contributed by atoms with Gasteiger partial charge in [-0.2, -0.15) is 0 Å². The Morgan fingerprint density at radius 2 is 2.04 bits per heavy atom. The van der Waals surface area contributed by atoms with Crippen LogP contribution in [0.2, 0.25) is 0 Å². The van der Waals surface area contributed by atoms with Crippen LogP contribution in [-0.4, -0.2) is 41.8 Å². The van der Waals surface area contributed by atoms with Gasteiger partial charge >= 0.3 is 6.09 Å². The minimum atomic E-state index is -0.761. The van der Waals surface area contributed by atoms with E-state index in [2.05, 4.69) is 0 Å². The van der Waals surface area contributed by atoms with Gasteiger partial charge in [-0.1, -0.05) is 6.07 Å². The quantitative estimate of drug-likeness (QED) is 0.864. The van der Waals surface area contributed by atoms with Gasteiger partial charge in [-0.25, -0.2) is 14.1 Å². The van der Waals surface area contributed by atoms with Crippen molar-refractivity contribution in [2.75, 3.05) is 19.8 Å². The fourth-order valence-electron chi connectivity index (χ4n) is 2.62. The van der Waals surface area contributed by atoms with Crippen LogP contribution >= 0.6 is 0 Å². The van der Waals surface area contributed by atoms with E-state index in [-0.39, 0.29) is 11.7 Å². The third kappa shape index (κ3) is 3.34. The molecule has 0 spiro atoms. The summed E-state index contributed by atoms with van der Waals surface area (Å²) < 4.78 is 23.3. The number of carbonyl (C=O) groups is 2. The van der Waals surface area contributed by atoms with Gasteiger partial charge in [-0.3, -0.25) is 4.79 Å². The van der Waals surface area contributed by atoms with Gasteiger partial charge in [-0.15, -0.1) is 0 Å². The summed E-state index contributed by atoms with van der Waals surface area (Å²) in [5, 5.41) is 9.34. The van der Waals surface area contributed by atoms with Crippen molar-refractivity contribution in [3.63, 3.8) is 0 Å². The minimum absolute atomic E-state index is 0.131. The van der Waals surface area contributed by atoms with E-state index in [1.54, 1.807) is 0 Å². The van der Waals surface area contributed by atoms with Gasteiger partial charge in [0.2, 0.25) is 0 Å². The van der Waals surface area contributed by atoms with Crippen LogP contribution in [0.15, 0.2) is 24.0 Å². The molecule has 7 heteroatoms. The Balaban J connectivity index is 1.74. The lowest BCUT2D eigenvalue weighted by molar-refractivity contribution is -0.123. The first-order chi connectivity index (χ1) is 11.0. The highest BCUT2D eigenvalue weighted by atomic mass is 19.1. The summed E-state index contributed by atoms with van der Waals surface area (Å²) >= 11 is 0. The molecular formula is C16H16FNO5. The van der Waals surface area contributed by atoms with Crippen LogP contribution in [0.5, 0.6) is 5.75 Å². The molecule has 3 rings (SSSR count). The monoisotopic (exact) mass is 321 g/mol. The lowest BCUT2D eigenvalue weighted by Gasteiger charge is -2.24. The van der Waals surface area contributed by atoms with Crippen molar-refractivity contribution in [3.05, 3.63) is 35.3 Å². The summed E-state index contributed by atoms with van der Waals surface area (Å²) in [6.45, 7) is 1.55. The molecule has 2 aliphatic rings. The van der Waals surface area contributed by atoms with Crippen molar-refractivity contribution in [1.29, 1.82) is 0 Å². The number of rotatable bonds is 3. The molecule has 1 aromatic rings. The molecule has 2 aliphatic heterocycles. The number of halogens is 1. The second-order valence-electron chi connectivity index (χ2n) is 5.56. The van der Waals surface area contributed by atoms with Crippen molar-refractivity contribution >= 4 is 18.1 Å². The lowest BCUT2D eigenvalue weighted by atomic mass is 10.00. The molecular weight excluding hydrogens is 305 g/mol. The molecule has 23 heavy (non-hydrogen) atoms. The molecule has 2 heterocycles. The van der Waals surface area contributed by atoms with Crippen molar-refractivity contribution in [3.8, 4) is 5.75 Å². The summed E-state index contributed by atoms with van der Waals surface area (Å²) in [6.07, 6.45) is 2.19. The molecule has 2 fully saturated rings. The third-order valence-electron chi connectivity index (χ3n) is 3.92. The molecule has 0 saturated carbocycles. The predicted octanol–water partition coefficient (Wildman–Crippen LogP) is 2.28. The summed E-state index contributed by atoms with van der Waals surface area (Å²) in [4.78, 5) is 25.2. The number of amides is 2. The predicted molar refractivity (Wildman–Crippen MR) is 77.8 cm³/mol. The molecule has 6 nitrogen and oxygen atoms in total. The van der Waals surface area contributed by atoms with E-state index >= 15 is 0 Å². The number of cyclic esters (lactones) is 1. The number of imide groups is 1. The highest BCUT2D eigenvalue weighted by Gasteiger charge is 2.38. The van der Waals surface area contributed by atoms with Gasteiger partial charge in [0.25, 0.3) is 5.91 Å². The Morgan fingerprint density at radius 3 is 2.74 bits per heavy atom. The number of hydrogen-bond donors (Lipinski definition) is 1. The second-order valence-corrected chi connectivity index (χ2v) is 5.56. The lowest BCUT2D eigenvalue weighted by Crippen LogP contribution is -2.35. The van der Waals surface area contributed by atoms with Gasteiger partial charge in [0, 0.05) is 19.8 Å². The molecule has 0 radical (unpaired) electrons. The van der Waals surface area contributed by atoms with Crippen LogP contribution in [0.3, 0.4) is 0 Å². The Labute approximate surface area is 132 Å². The third-order valence-corrected chi connectivity index (χ3v) is 3.92. The maximum atomic E-state index is 13.0. The first-order valence-electron chi connectivity index (χ1n) is 7.36. The molecule has 2 saturated heterocycles. The molecule has 2 amide bonds. The highest BCUT2D eigenvalue weighted by molar-refractivity contribution is 6.09. The maximum absolute atomic E-state index is 13.0. The maximum Gasteiger partial charge on any atom is 0.422 e. The average molecular weight is 321 g/mol. The van der Waals surface area contributed by atoms with Crippen molar-refractivity contribution in [1.82, 2.24) is 4.90 Å². The Kier molecular flexibility index (Phi) is 4.29. The average Bonchev–Trinajstić information content (AvgIpc) is 2.80. The zero-order chi connectivity index (χ0) is 16.4. The highest BCUT2D eigenvalue weighted by Crippen LogP contribution is 2.25. The van der Waals surface area contributed by atoms with Crippen LogP contribution in [0.25, 0.3) is 6.08 Å². The van der Waals surface area contributed by atoms with E-state index in [9.17, 15) is 19.1 Å². The number of ether oxygens (including phenoxy) is 2. The second kappa shape index (κ2) is 6.37. The zero-order valence-electron chi connectivity index (χ0n) is 12.3. The van der Waals surface area contributed by atoms with E-state index in [1.807, 2.05) is 0 Å². The van der Waals surface area contributed by atoms with Crippen LogP contribution in [0.1, 0.15) is 18.4 Å². The smallest absolute Gasteiger partial charge is 0.422 e. The van der Waals surface area contributed by atoms with Crippen LogP contribution in [-0.2, 0) is 14.3 Å². The van der Waals surface area contributed by atoms with Crippen molar-refractivity contribution in [2.45, 2.75) is 12.8 Å². The molecule has 122 valence electrons. The molecule has 0 aromatic heterocycles. The summed E-state index contributed by atoms with van der Waals surface area (Å²) in [5.74, 6) is -1.74. The topological polar surface area (TPSA) is 76.1 Å². The summed E-state index contributed by atoms with van der Waals surface area (Å²) in [5.41, 5.74) is 0.368. The number of phenols is 1. The molecule has 0 unspecified atom stereocenters. The Morgan fingerprint density at radius 1 is 1.30 bits per heavy atom. The van der Waals surface area contributed by atoms with Gasteiger partial charge < -0.3 is 14.6 Å². The van der Waals surface area contributed by atoms with E-state index < -0.39 is 23.6 Å². The SMILES string of the molecule is O=C1OC(=Cc2ccc(F)c(O)c2)C(=O)N1CC1CCOCC1. The molecule has 0 atom stereocenters. The Hall–Kier alpha value is -2.41. The number of benzene rings is 1. The fraction of sp³-hybridized carbons (Fsp3) is 0.375. The van der Waals surface area contributed by atoms with Crippen LogP contribution < -0.4 is 0 Å². The summed E-state index contributed by atoms with van der Waals surface area (Å²) in [6, 6.07) is 3.61. The van der Waals surface area contributed by atoms with E-state index in [0.29, 0.717) is 25.3 Å². The number of aromatic hydroxyl groups is 1. The number of phenolic OH excluding ortho intramolecular Hbond substituents is 1. The first-order valence-corrected chi connectivity index (χ1v) is 7.36. The number of carbonyl (C=O) groups excluding carboxylic acids is 2. The van der Waals surface area contributed by atoms with Crippen molar-refractivity contribution < 1.29 is 28.6 Å². The van der Waals surface area contributed by atoms with Crippen LogP contribution in [0.4, 0.5) is 9.18 Å². The first kappa shape index (κ1) is 15.5. The van der Waals surface area contributed by atoms with E-state index in [4.69, 9.17) is 9.47 Å². The van der Waals surface area contributed by atoms with Gasteiger partial charge in [0.1, 0.15) is 0 Å². The molecule has 0 bridgehead atoms. The molecule has 1 N–H and O–H groups in total. The zero-order valence-corrected chi connectivity index (χ0v) is 12.3. The number of hydrogen-bond acceptors (Lipinski definition) is 5.